The molecule has 1 aliphatic heterocycles. The molecule has 218 valence electrons. The molecule has 6 rings (SSSR count). The molecule has 2 N–H and O–H groups in total. The highest BCUT2D eigenvalue weighted by Crippen LogP contribution is 2.54. The molecule has 2 unspecified atom stereocenters. The molecule has 0 bridgehead atoms. The predicted octanol–water partition coefficient (Wildman–Crippen LogP) is 8.14. The second-order valence-electron chi connectivity index (χ2n) is 10.7. The van der Waals surface area contributed by atoms with E-state index < -0.39 is 10.8 Å². The van der Waals surface area contributed by atoms with Crippen LogP contribution in [0.4, 0.5) is 0 Å². The Bertz CT molecular complexity index is 1760. The lowest BCUT2D eigenvalue weighted by Crippen LogP contribution is -2.48. The van der Waals surface area contributed by atoms with Crippen LogP contribution in [-0.2, 0) is 27.6 Å². The molecule has 2 amide bonds. The first-order chi connectivity index (χ1) is 20.8. The van der Waals surface area contributed by atoms with Crippen molar-refractivity contribution < 1.29 is 14.4 Å². The standard InChI is InChI=1S/C34H29BrClN3O3S/c1-22-7-14-27(15-8-22)43-34(33(41)38-42-21-24-5-3-2-4-6-24)18-31(40)39(20-23-9-11-25(35)12-10-23)32(34)29-19-37-30-17-26(36)13-16-28(29)30/h2-17,19,32,37H,18,20-21H2,1H3,(H,38,41). The molecule has 6 nitrogen and oxygen atoms in total. The van der Waals surface area contributed by atoms with Crippen LogP contribution in [0.5, 0.6) is 0 Å². The Balaban J connectivity index is 1.45. The van der Waals surface area contributed by atoms with Crippen molar-refractivity contribution in [2.24, 2.45) is 0 Å². The number of carbonyl (C=O) groups is 2. The van der Waals surface area contributed by atoms with Crippen molar-refractivity contribution in [3.63, 3.8) is 0 Å². The number of halogens is 2. The first-order valence-corrected chi connectivity index (χ1v) is 15.8. The van der Waals surface area contributed by atoms with Gasteiger partial charge in [-0.1, -0.05) is 93.8 Å². The zero-order valence-electron chi connectivity index (χ0n) is 23.3. The van der Waals surface area contributed by atoms with Crippen LogP contribution in [0.2, 0.25) is 5.02 Å². The average Bonchev–Trinajstić information content (AvgIpc) is 3.53. The van der Waals surface area contributed by atoms with E-state index in [1.807, 2.05) is 115 Å². The first kappa shape index (κ1) is 29.5. The Hall–Kier alpha value is -3.56. The third-order valence-corrected chi connectivity index (χ3v) is 9.86. The van der Waals surface area contributed by atoms with E-state index in [1.54, 1.807) is 0 Å². The molecule has 0 spiro atoms. The Morgan fingerprint density at radius 3 is 2.53 bits per heavy atom. The summed E-state index contributed by atoms with van der Waals surface area (Å²) in [5.41, 5.74) is 7.40. The van der Waals surface area contributed by atoms with Gasteiger partial charge in [-0.3, -0.25) is 14.4 Å². The highest BCUT2D eigenvalue weighted by molar-refractivity contribution is 9.10. The molecule has 43 heavy (non-hydrogen) atoms. The Labute approximate surface area is 267 Å². The van der Waals surface area contributed by atoms with Gasteiger partial charge in [0.15, 0.2) is 0 Å². The zero-order valence-corrected chi connectivity index (χ0v) is 26.5. The van der Waals surface area contributed by atoms with Gasteiger partial charge in [-0.2, -0.15) is 0 Å². The minimum atomic E-state index is -1.24. The molecule has 2 heterocycles. The molecule has 1 fully saturated rings. The first-order valence-electron chi connectivity index (χ1n) is 13.8. The number of nitrogens with one attached hydrogen (secondary N) is 2. The monoisotopic (exact) mass is 673 g/mol. The molecule has 0 saturated carbocycles. The largest absolute Gasteiger partial charge is 0.361 e. The Kier molecular flexibility index (Phi) is 8.63. The smallest absolute Gasteiger partial charge is 0.263 e. The molecule has 0 aliphatic carbocycles. The van der Waals surface area contributed by atoms with E-state index >= 15 is 0 Å². The zero-order chi connectivity index (χ0) is 30.0. The van der Waals surface area contributed by atoms with Crippen molar-refractivity contribution in [2.75, 3.05) is 0 Å². The number of hydroxylamine groups is 1. The van der Waals surface area contributed by atoms with Crippen molar-refractivity contribution in [3.8, 4) is 0 Å². The van der Waals surface area contributed by atoms with E-state index in [4.69, 9.17) is 16.4 Å². The van der Waals surface area contributed by atoms with Crippen molar-refractivity contribution >= 4 is 62.0 Å². The number of likely N-dealkylation sites (tertiary alicyclic amines) is 1. The van der Waals surface area contributed by atoms with Gasteiger partial charge in [-0.05, 0) is 54.4 Å². The summed E-state index contributed by atoms with van der Waals surface area (Å²) in [5, 5.41) is 1.50. The van der Waals surface area contributed by atoms with Gasteiger partial charge in [0, 0.05) is 43.6 Å². The second kappa shape index (κ2) is 12.6. The number of H-pyrrole nitrogens is 1. The highest BCUT2D eigenvalue weighted by Gasteiger charge is 2.58. The molecule has 2 atom stereocenters. The topological polar surface area (TPSA) is 74.4 Å². The van der Waals surface area contributed by atoms with Crippen molar-refractivity contribution in [2.45, 2.75) is 42.2 Å². The molecule has 0 radical (unpaired) electrons. The summed E-state index contributed by atoms with van der Waals surface area (Å²) in [4.78, 5) is 40.3. The third kappa shape index (κ3) is 6.24. The minimum absolute atomic E-state index is 0.00642. The van der Waals surface area contributed by atoms with E-state index in [0.717, 1.165) is 42.5 Å². The van der Waals surface area contributed by atoms with E-state index in [1.165, 1.54) is 11.8 Å². The summed E-state index contributed by atoms with van der Waals surface area (Å²) in [6, 6.07) is 30.5. The summed E-state index contributed by atoms with van der Waals surface area (Å²) in [6.45, 7) is 2.56. The van der Waals surface area contributed by atoms with E-state index in [9.17, 15) is 9.59 Å². The van der Waals surface area contributed by atoms with Gasteiger partial charge in [0.25, 0.3) is 5.91 Å². The number of aromatic nitrogens is 1. The summed E-state index contributed by atoms with van der Waals surface area (Å²) in [5.74, 6) is -0.483. The van der Waals surface area contributed by atoms with Crippen LogP contribution in [-0.4, -0.2) is 26.4 Å². The number of aryl methyl sites for hydroxylation is 1. The fraction of sp³-hybridized carbons (Fsp3) is 0.176. The fourth-order valence-corrected chi connectivity index (χ4v) is 7.38. The van der Waals surface area contributed by atoms with Crippen molar-refractivity contribution in [1.29, 1.82) is 0 Å². The molecule has 1 saturated heterocycles. The van der Waals surface area contributed by atoms with Crippen molar-refractivity contribution in [1.82, 2.24) is 15.4 Å². The van der Waals surface area contributed by atoms with E-state index in [2.05, 4.69) is 26.4 Å². The molecule has 9 heteroatoms. The average molecular weight is 675 g/mol. The predicted molar refractivity (Wildman–Crippen MR) is 174 cm³/mol. The van der Waals surface area contributed by atoms with E-state index in [0.29, 0.717) is 11.6 Å². The van der Waals surface area contributed by atoms with Crippen LogP contribution < -0.4 is 5.48 Å². The highest BCUT2D eigenvalue weighted by atomic mass is 79.9. The number of fused-ring (bicyclic) bond motifs is 1. The molecular formula is C34H29BrClN3O3S. The number of hydrogen-bond acceptors (Lipinski definition) is 4. The van der Waals surface area contributed by atoms with Gasteiger partial charge in [0.2, 0.25) is 5.91 Å². The Morgan fingerprint density at radius 1 is 1.05 bits per heavy atom. The van der Waals surface area contributed by atoms with Crippen LogP contribution in [0.25, 0.3) is 10.9 Å². The van der Waals surface area contributed by atoms with Gasteiger partial charge < -0.3 is 9.88 Å². The summed E-state index contributed by atoms with van der Waals surface area (Å²) in [7, 11) is 0. The summed E-state index contributed by atoms with van der Waals surface area (Å²) >= 11 is 11.2. The third-order valence-electron chi connectivity index (χ3n) is 7.68. The number of benzene rings is 4. The SMILES string of the molecule is Cc1ccc(SC2(C(=O)NOCc3ccccc3)CC(=O)N(Cc3ccc(Br)cc3)C2c2c[nH]c3cc(Cl)ccc23)cc1. The van der Waals surface area contributed by atoms with Crippen LogP contribution in [0.3, 0.4) is 0 Å². The van der Waals surface area contributed by atoms with Gasteiger partial charge >= 0.3 is 0 Å². The van der Waals surface area contributed by atoms with E-state index in [-0.39, 0.29) is 24.8 Å². The maximum atomic E-state index is 14.4. The summed E-state index contributed by atoms with van der Waals surface area (Å²) in [6.07, 6.45) is 1.88. The van der Waals surface area contributed by atoms with Gasteiger partial charge in [0.1, 0.15) is 4.75 Å². The second-order valence-corrected chi connectivity index (χ2v) is 13.4. The normalized spacial score (nSPS) is 18.3. The van der Waals surface area contributed by atoms with Crippen LogP contribution >= 0.6 is 39.3 Å². The maximum Gasteiger partial charge on any atom is 0.263 e. The number of aromatic amines is 1. The van der Waals surface area contributed by atoms with Crippen molar-refractivity contribution in [3.05, 3.63) is 135 Å². The molecular weight excluding hydrogens is 646 g/mol. The van der Waals surface area contributed by atoms with Crippen LogP contribution in [0.1, 0.15) is 34.7 Å². The van der Waals surface area contributed by atoms with Crippen LogP contribution in [0.15, 0.2) is 113 Å². The molecule has 1 aliphatic rings. The lowest BCUT2D eigenvalue weighted by Gasteiger charge is -2.36. The number of thioether (sulfide) groups is 1. The molecule has 5 aromatic rings. The number of hydrogen-bond donors (Lipinski definition) is 2. The number of carbonyl (C=O) groups excluding carboxylic acids is 2. The lowest BCUT2D eigenvalue weighted by atomic mass is 9.91. The fourth-order valence-electron chi connectivity index (χ4n) is 5.56. The number of amides is 2. The minimum Gasteiger partial charge on any atom is -0.361 e. The van der Waals surface area contributed by atoms with Crippen LogP contribution in [0, 0.1) is 6.92 Å². The molecule has 1 aromatic heterocycles. The summed E-state index contributed by atoms with van der Waals surface area (Å²) < 4.78 is -0.291. The lowest BCUT2D eigenvalue weighted by molar-refractivity contribution is -0.138. The molecule has 4 aromatic carbocycles. The maximum absolute atomic E-state index is 14.4. The van der Waals surface area contributed by atoms with Gasteiger partial charge in [-0.15, -0.1) is 11.8 Å². The quantitative estimate of drug-likeness (QED) is 0.155. The van der Waals surface area contributed by atoms with Gasteiger partial charge in [-0.25, -0.2) is 5.48 Å². The number of rotatable bonds is 9. The Morgan fingerprint density at radius 2 is 1.79 bits per heavy atom. The number of nitrogens with zero attached hydrogens (tertiary/aromatic N) is 1. The van der Waals surface area contributed by atoms with Gasteiger partial charge in [0.05, 0.1) is 19.1 Å².